The van der Waals surface area contributed by atoms with Crippen LogP contribution in [0.4, 0.5) is 0 Å². The van der Waals surface area contributed by atoms with E-state index in [1.54, 1.807) is 4.57 Å². The molecule has 0 radical (unpaired) electrons. The van der Waals surface area contributed by atoms with Crippen LogP contribution in [0.2, 0.25) is 0 Å². The summed E-state index contributed by atoms with van der Waals surface area (Å²) in [5.74, 6) is -0.775. The normalized spacial score (nSPS) is 10.7. The zero-order valence-corrected chi connectivity index (χ0v) is 11.5. The van der Waals surface area contributed by atoms with Crippen LogP contribution in [-0.2, 0) is 11.3 Å². The van der Waals surface area contributed by atoms with Gasteiger partial charge >= 0.3 is 5.97 Å². The maximum atomic E-state index is 10.6. The van der Waals surface area contributed by atoms with Crippen LogP contribution >= 0.6 is 11.8 Å². The van der Waals surface area contributed by atoms with Crippen molar-refractivity contribution >= 4 is 17.7 Å². The molecule has 106 valence electrons. The minimum absolute atomic E-state index is 0.0470. The van der Waals surface area contributed by atoms with Gasteiger partial charge in [-0.25, -0.2) is 0 Å². The lowest BCUT2D eigenvalue weighted by molar-refractivity contribution is -0.133. The Morgan fingerprint density at radius 1 is 1.35 bits per heavy atom. The quantitative estimate of drug-likeness (QED) is 0.718. The maximum Gasteiger partial charge on any atom is 0.313 e. The summed E-state index contributed by atoms with van der Waals surface area (Å²) in [6, 6.07) is 4.19. The highest BCUT2D eigenvalue weighted by Gasteiger charge is 2.17. The fraction of sp³-hybridized carbons (Fsp3) is 0.250. The molecule has 0 aliphatic rings. The molecule has 0 aliphatic carbocycles. The molecule has 0 bridgehead atoms. The average Bonchev–Trinajstić information content (AvgIpc) is 2.79. The van der Waals surface area contributed by atoms with Crippen LogP contribution in [0.5, 0.6) is 11.5 Å². The summed E-state index contributed by atoms with van der Waals surface area (Å²) in [6.07, 6.45) is 0. The zero-order chi connectivity index (χ0) is 14.7. The highest BCUT2D eigenvalue weighted by atomic mass is 32.2. The number of phenolic OH excluding ortho intramolecular Hbond substituents is 2. The lowest BCUT2D eigenvalue weighted by Gasteiger charge is -2.08. The van der Waals surface area contributed by atoms with Crippen molar-refractivity contribution in [2.75, 3.05) is 5.75 Å². The molecule has 1 heterocycles. The lowest BCUT2D eigenvalue weighted by Crippen LogP contribution is -2.03. The molecule has 1 aromatic heterocycles. The first-order valence-electron chi connectivity index (χ1n) is 5.83. The Hall–Kier alpha value is -2.22. The van der Waals surface area contributed by atoms with Crippen LogP contribution in [0.1, 0.15) is 6.92 Å². The number of rotatable bonds is 5. The summed E-state index contributed by atoms with van der Waals surface area (Å²) < 4.78 is 1.71. The second kappa shape index (κ2) is 5.83. The largest absolute Gasteiger partial charge is 0.508 e. The van der Waals surface area contributed by atoms with Gasteiger partial charge in [0.15, 0.2) is 11.0 Å². The molecular formula is C12H13N3O4S. The fourth-order valence-electron chi connectivity index (χ4n) is 1.72. The van der Waals surface area contributed by atoms with Crippen molar-refractivity contribution in [3.8, 4) is 22.9 Å². The summed E-state index contributed by atoms with van der Waals surface area (Å²) in [5, 5.41) is 36.2. The van der Waals surface area contributed by atoms with E-state index in [0.29, 0.717) is 23.1 Å². The number of benzene rings is 1. The second-order valence-corrected chi connectivity index (χ2v) is 4.88. The van der Waals surface area contributed by atoms with E-state index >= 15 is 0 Å². The maximum absolute atomic E-state index is 10.6. The smallest absolute Gasteiger partial charge is 0.313 e. The standard InChI is InChI=1S/C12H13N3O4S/c1-2-15-11(8-4-3-7(16)5-9(8)17)13-14-12(15)20-6-10(18)19/h3-5,16-17H,2,6H2,1H3,(H,18,19). The van der Waals surface area contributed by atoms with Crippen molar-refractivity contribution in [3.63, 3.8) is 0 Å². The first kappa shape index (κ1) is 14.2. The Kier molecular flexibility index (Phi) is 4.14. The molecular weight excluding hydrogens is 282 g/mol. The van der Waals surface area contributed by atoms with Gasteiger partial charge in [-0.3, -0.25) is 4.79 Å². The Morgan fingerprint density at radius 3 is 2.70 bits per heavy atom. The van der Waals surface area contributed by atoms with Gasteiger partial charge in [-0.2, -0.15) is 0 Å². The number of aliphatic carboxylic acids is 1. The minimum Gasteiger partial charge on any atom is -0.508 e. The van der Waals surface area contributed by atoms with Crippen molar-refractivity contribution in [2.24, 2.45) is 0 Å². The van der Waals surface area contributed by atoms with Gasteiger partial charge < -0.3 is 19.9 Å². The van der Waals surface area contributed by atoms with Crippen molar-refractivity contribution in [3.05, 3.63) is 18.2 Å². The topological polar surface area (TPSA) is 108 Å². The molecule has 2 rings (SSSR count). The van der Waals surface area contributed by atoms with Gasteiger partial charge in [0.1, 0.15) is 11.5 Å². The molecule has 0 saturated heterocycles. The molecule has 8 heteroatoms. The molecule has 0 saturated carbocycles. The number of aromatic nitrogens is 3. The van der Waals surface area contributed by atoms with E-state index in [4.69, 9.17) is 5.11 Å². The first-order valence-corrected chi connectivity index (χ1v) is 6.81. The van der Waals surface area contributed by atoms with Gasteiger partial charge in [0.25, 0.3) is 0 Å². The first-order chi connectivity index (χ1) is 9.52. The third-order valence-corrected chi connectivity index (χ3v) is 3.53. The van der Waals surface area contributed by atoms with Gasteiger partial charge in [0.05, 0.1) is 11.3 Å². The number of carboxylic acids is 1. The molecule has 7 nitrogen and oxygen atoms in total. The molecule has 20 heavy (non-hydrogen) atoms. The predicted octanol–water partition coefficient (Wildman–Crippen LogP) is 1.55. The Balaban J connectivity index is 2.39. The number of nitrogens with zero attached hydrogens (tertiary/aromatic N) is 3. The zero-order valence-electron chi connectivity index (χ0n) is 10.6. The van der Waals surface area contributed by atoms with Gasteiger partial charge in [0, 0.05) is 12.6 Å². The minimum atomic E-state index is -0.935. The molecule has 2 aromatic rings. The molecule has 0 unspecified atom stereocenters. The molecule has 0 atom stereocenters. The van der Waals surface area contributed by atoms with Gasteiger partial charge in [0.2, 0.25) is 0 Å². The number of thioether (sulfide) groups is 1. The molecule has 0 aliphatic heterocycles. The van der Waals surface area contributed by atoms with Crippen LogP contribution in [0, 0.1) is 0 Å². The summed E-state index contributed by atoms with van der Waals surface area (Å²) in [5.41, 5.74) is 0.430. The Bertz CT molecular complexity index is 642. The number of aromatic hydroxyl groups is 2. The molecule has 1 aromatic carbocycles. The third kappa shape index (κ3) is 2.85. The van der Waals surface area contributed by atoms with E-state index < -0.39 is 5.97 Å². The van der Waals surface area contributed by atoms with E-state index in [0.717, 1.165) is 11.8 Å². The molecule has 0 amide bonds. The summed E-state index contributed by atoms with van der Waals surface area (Å²) >= 11 is 1.06. The van der Waals surface area contributed by atoms with Gasteiger partial charge in [-0.05, 0) is 19.1 Å². The van der Waals surface area contributed by atoms with E-state index in [1.165, 1.54) is 18.2 Å². The van der Waals surface area contributed by atoms with Crippen molar-refractivity contribution < 1.29 is 20.1 Å². The third-order valence-electron chi connectivity index (χ3n) is 2.58. The number of phenols is 2. The number of hydrogen-bond acceptors (Lipinski definition) is 6. The van der Waals surface area contributed by atoms with Crippen molar-refractivity contribution in [1.82, 2.24) is 14.8 Å². The van der Waals surface area contributed by atoms with Gasteiger partial charge in [-0.15, -0.1) is 10.2 Å². The van der Waals surface area contributed by atoms with Crippen LogP contribution in [0.25, 0.3) is 11.4 Å². The van der Waals surface area contributed by atoms with E-state index in [2.05, 4.69) is 10.2 Å². The van der Waals surface area contributed by atoms with Crippen LogP contribution < -0.4 is 0 Å². The predicted molar refractivity (Wildman–Crippen MR) is 72.8 cm³/mol. The number of hydrogen-bond donors (Lipinski definition) is 3. The highest BCUT2D eigenvalue weighted by molar-refractivity contribution is 7.99. The van der Waals surface area contributed by atoms with Crippen LogP contribution in [-0.4, -0.2) is 41.8 Å². The SMILES string of the molecule is CCn1c(SCC(=O)O)nnc1-c1ccc(O)cc1O. The monoisotopic (exact) mass is 295 g/mol. The summed E-state index contributed by atoms with van der Waals surface area (Å²) in [6.45, 7) is 2.40. The van der Waals surface area contributed by atoms with Crippen molar-refractivity contribution in [2.45, 2.75) is 18.6 Å². The number of carbonyl (C=O) groups is 1. The summed E-state index contributed by atoms with van der Waals surface area (Å²) in [4.78, 5) is 10.6. The molecule has 0 fully saturated rings. The van der Waals surface area contributed by atoms with Gasteiger partial charge in [-0.1, -0.05) is 11.8 Å². The average molecular weight is 295 g/mol. The summed E-state index contributed by atoms with van der Waals surface area (Å²) in [7, 11) is 0. The van der Waals surface area contributed by atoms with Crippen LogP contribution in [0.15, 0.2) is 23.4 Å². The van der Waals surface area contributed by atoms with E-state index in [9.17, 15) is 15.0 Å². The molecule has 0 spiro atoms. The molecule has 3 N–H and O–H groups in total. The van der Waals surface area contributed by atoms with Crippen molar-refractivity contribution in [1.29, 1.82) is 0 Å². The number of carboxylic acid groups (broad SMARTS) is 1. The highest BCUT2D eigenvalue weighted by Crippen LogP contribution is 2.32. The Morgan fingerprint density at radius 2 is 2.10 bits per heavy atom. The lowest BCUT2D eigenvalue weighted by atomic mass is 10.2. The Labute approximate surface area is 118 Å². The second-order valence-electron chi connectivity index (χ2n) is 3.93. The van der Waals surface area contributed by atoms with E-state index in [-0.39, 0.29) is 17.3 Å². The fourth-order valence-corrected chi connectivity index (χ4v) is 2.44. The van der Waals surface area contributed by atoms with E-state index in [1.807, 2.05) is 6.92 Å². The van der Waals surface area contributed by atoms with Crippen LogP contribution in [0.3, 0.4) is 0 Å².